The van der Waals surface area contributed by atoms with Gasteiger partial charge in [-0.2, -0.15) is 0 Å². The van der Waals surface area contributed by atoms with Crippen molar-refractivity contribution in [2.24, 2.45) is 11.8 Å². The fraction of sp³-hybridized carbons (Fsp3) is 0.818. The number of ether oxygens (including phenoxy) is 1. The molecule has 1 N–H and O–H groups in total. The van der Waals surface area contributed by atoms with E-state index in [9.17, 15) is 0 Å². The van der Waals surface area contributed by atoms with Gasteiger partial charge in [0.1, 0.15) is 6.23 Å². The van der Waals surface area contributed by atoms with Crippen LogP contribution in [0.3, 0.4) is 0 Å². The Hall–Kier alpha value is -0.500. The maximum absolute atomic E-state index is 5.37. The fourth-order valence-electron chi connectivity index (χ4n) is 0.931. The maximum Gasteiger partial charge on any atom is 0.146 e. The monoisotopic (exact) mass is 185 g/mol. The van der Waals surface area contributed by atoms with Crippen LogP contribution in [0.25, 0.3) is 0 Å². The van der Waals surface area contributed by atoms with Crippen LogP contribution >= 0.6 is 0 Å². The molecule has 78 valence electrons. The Kier molecular flexibility index (Phi) is 5.80. The molecule has 13 heavy (non-hydrogen) atoms. The van der Waals surface area contributed by atoms with Gasteiger partial charge >= 0.3 is 0 Å². The zero-order valence-corrected chi connectivity index (χ0v) is 9.55. The van der Waals surface area contributed by atoms with Crippen LogP contribution in [0.4, 0.5) is 0 Å². The molecule has 0 aliphatic carbocycles. The largest absolute Gasteiger partial charge is 0.481 e. The van der Waals surface area contributed by atoms with Crippen molar-refractivity contribution in [2.45, 2.75) is 40.8 Å². The van der Waals surface area contributed by atoms with Crippen molar-refractivity contribution in [1.29, 1.82) is 0 Å². The molecule has 0 aromatic rings. The van der Waals surface area contributed by atoms with Gasteiger partial charge in [-0.25, -0.2) is 0 Å². The second-order valence-electron chi connectivity index (χ2n) is 4.09. The van der Waals surface area contributed by atoms with Crippen molar-refractivity contribution in [3.05, 3.63) is 12.3 Å². The van der Waals surface area contributed by atoms with Crippen LogP contribution in [0.2, 0.25) is 0 Å². The molecule has 0 aromatic carbocycles. The van der Waals surface area contributed by atoms with Gasteiger partial charge in [0.25, 0.3) is 0 Å². The molecule has 0 saturated carbocycles. The molecule has 0 radical (unpaired) electrons. The molecule has 2 nitrogen and oxygen atoms in total. The number of allylic oxidation sites excluding steroid dienone is 1. The van der Waals surface area contributed by atoms with Gasteiger partial charge in [0.2, 0.25) is 0 Å². The Morgan fingerprint density at radius 2 is 1.85 bits per heavy atom. The van der Waals surface area contributed by atoms with E-state index in [-0.39, 0.29) is 6.23 Å². The molecule has 2 atom stereocenters. The Morgan fingerprint density at radius 3 is 2.23 bits per heavy atom. The molecule has 0 fully saturated rings. The number of rotatable bonds is 6. The Bertz CT molecular complexity index is 154. The minimum absolute atomic E-state index is 0.0682. The first kappa shape index (κ1) is 12.5. The SMILES string of the molecule is C=C(C)OC(C)NCC(C)C(C)C. The number of nitrogens with one attached hydrogen (secondary N) is 1. The Labute approximate surface area is 82.4 Å². The van der Waals surface area contributed by atoms with Gasteiger partial charge in [-0.3, -0.25) is 5.32 Å². The van der Waals surface area contributed by atoms with E-state index in [2.05, 4.69) is 32.7 Å². The van der Waals surface area contributed by atoms with Gasteiger partial charge in [0.15, 0.2) is 0 Å². The molecule has 0 spiro atoms. The van der Waals surface area contributed by atoms with Gasteiger partial charge in [-0.05, 0) is 25.7 Å². The fourth-order valence-corrected chi connectivity index (χ4v) is 0.931. The molecule has 2 unspecified atom stereocenters. The van der Waals surface area contributed by atoms with Crippen LogP contribution in [0.1, 0.15) is 34.6 Å². The third kappa shape index (κ3) is 6.64. The third-order valence-corrected chi connectivity index (χ3v) is 2.24. The van der Waals surface area contributed by atoms with Crippen molar-refractivity contribution in [3.63, 3.8) is 0 Å². The van der Waals surface area contributed by atoms with E-state index in [0.717, 1.165) is 12.3 Å². The van der Waals surface area contributed by atoms with E-state index in [0.29, 0.717) is 11.8 Å². The van der Waals surface area contributed by atoms with E-state index in [4.69, 9.17) is 4.74 Å². The van der Waals surface area contributed by atoms with Crippen molar-refractivity contribution in [3.8, 4) is 0 Å². The quantitative estimate of drug-likeness (QED) is 0.507. The molecular weight excluding hydrogens is 162 g/mol. The first-order valence-corrected chi connectivity index (χ1v) is 4.99. The summed E-state index contributed by atoms with van der Waals surface area (Å²) in [4.78, 5) is 0. The van der Waals surface area contributed by atoms with Gasteiger partial charge in [0, 0.05) is 6.54 Å². The summed E-state index contributed by atoms with van der Waals surface area (Å²) in [5.74, 6) is 2.15. The molecule has 0 heterocycles. The topological polar surface area (TPSA) is 21.3 Å². The highest BCUT2D eigenvalue weighted by Crippen LogP contribution is 2.08. The summed E-state index contributed by atoms with van der Waals surface area (Å²) < 4.78 is 5.37. The first-order chi connectivity index (χ1) is 5.93. The lowest BCUT2D eigenvalue weighted by molar-refractivity contribution is 0.0981. The summed E-state index contributed by atoms with van der Waals surface area (Å²) in [7, 11) is 0. The predicted octanol–water partition coefficient (Wildman–Crippen LogP) is 2.76. The summed E-state index contributed by atoms with van der Waals surface area (Å²) in [5.41, 5.74) is 0. The second-order valence-corrected chi connectivity index (χ2v) is 4.09. The third-order valence-electron chi connectivity index (χ3n) is 2.24. The highest BCUT2D eigenvalue weighted by Gasteiger charge is 2.08. The van der Waals surface area contributed by atoms with Crippen LogP contribution in [0.15, 0.2) is 12.3 Å². The van der Waals surface area contributed by atoms with Gasteiger partial charge in [-0.1, -0.05) is 27.4 Å². The molecule has 0 aliphatic heterocycles. The number of hydrogen-bond acceptors (Lipinski definition) is 2. The second kappa shape index (κ2) is 6.03. The standard InChI is InChI=1S/C11H23NO/c1-8(2)10(5)7-12-11(6)13-9(3)4/h8,10-12H,3,7H2,1-2,4-6H3. The van der Waals surface area contributed by atoms with Crippen LogP contribution in [0.5, 0.6) is 0 Å². The highest BCUT2D eigenvalue weighted by molar-refractivity contribution is 4.75. The zero-order valence-electron chi connectivity index (χ0n) is 9.55. The lowest BCUT2D eigenvalue weighted by atomic mass is 9.98. The molecule has 0 aliphatic rings. The Morgan fingerprint density at radius 1 is 1.31 bits per heavy atom. The molecule has 0 aromatic heterocycles. The molecular formula is C11H23NO. The summed E-state index contributed by atoms with van der Waals surface area (Å²) in [6.45, 7) is 15.3. The summed E-state index contributed by atoms with van der Waals surface area (Å²) in [5, 5.41) is 3.31. The molecule has 0 amide bonds. The van der Waals surface area contributed by atoms with Crippen molar-refractivity contribution in [2.75, 3.05) is 6.54 Å². The van der Waals surface area contributed by atoms with Crippen LogP contribution < -0.4 is 5.32 Å². The normalized spacial score (nSPS) is 15.5. The first-order valence-electron chi connectivity index (χ1n) is 4.99. The average molecular weight is 185 g/mol. The Balaban J connectivity index is 3.57. The molecule has 2 heteroatoms. The smallest absolute Gasteiger partial charge is 0.146 e. The summed E-state index contributed by atoms with van der Waals surface area (Å²) in [6.07, 6.45) is 0.0682. The van der Waals surface area contributed by atoms with Crippen LogP contribution in [-0.4, -0.2) is 12.8 Å². The minimum atomic E-state index is 0.0682. The van der Waals surface area contributed by atoms with Crippen molar-refractivity contribution in [1.82, 2.24) is 5.32 Å². The lowest BCUT2D eigenvalue weighted by Crippen LogP contribution is -2.33. The summed E-state index contributed by atoms with van der Waals surface area (Å²) >= 11 is 0. The number of hydrogen-bond donors (Lipinski definition) is 1. The van der Waals surface area contributed by atoms with Crippen molar-refractivity contribution >= 4 is 0 Å². The van der Waals surface area contributed by atoms with Crippen molar-refractivity contribution < 1.29 is 4.74 Å². The van der Waals surface area contributed by atoms with E-state index in [1.165, 1.54) is 0 Å². The maximum atomic E-state index is 5.37. The van der Waals surface area contributed by atoms with Gasteiger partial charge in [0.05, 0.1) is 5.76 Å². The molecule has 0 rings (SSSR count). The van der Waals surface area contributed by atoms with E-state index in [1.807, 2.05) is 13.8 Å². The van der Waals surface area contributed by atoms with E-state index < -0.39 is 0 Å². The van der Waals surface area contributed by atoms with Gasteiger partial charge < -0.3 is 4.74 Å². The van der Waals surface area contributed by atoms with Crippen LogP contribution in [0, 0.1) is 11.8 Å². The van der Waals surface area contributed by atoms with Crippen LogP contribution in [-0.2, 0) is 4.74 Å². The highest BCUT2D eigenvalue weighted by atomic mass is 16.5. The zero-order chi connectivity index (χ0) is 10.4. The minimum Gasteiger partial charge on any atom is -0.481 e. The summed E-state index contributed by atoms with van der Waals surface area (Å²) in [6, 6.07) is 0. The predicted molar refractivity (Wildman–Crippen MR) is 57.4 cm³/mol. The van der Waals surface area contributed by atoms with Gasteiger partial charge in [-0.15, -0.1) is 0 Å². The lowest BCUT2D eigenvalue weighted by Gasteiger charge is -2.21. The molecule has 0 bridgehead atoms. The van der Waals surface area contributed by atoms with E-state index >= 15 is 0 Å². The van der Waals surface area contributed by atoms with E-state index in [1.54, 1.807) is 0 Å². The average Bonchev–Trinajstić information content (AvgIpc) is 1.98. The molecule has 0 saturated heterocycles.